The molecule has 0 amide bonds. The Kier molecular flexibility index (Phi) is 5.99. The Morgan fingerprint density at radius 3 is 2.32 bits per heavy atom. The van der Waals surface area contributed by atoms with Crippen LogP contribution in [0.2, 0.25) is 0 Å². The Morgan fingerprint density at radius 1 is 1.05 bits per heavy atom. The molecule has 120 valence electrons. The Labute approximate surface area is 131 Å². The van der Waals surface area contributed by atoms with Crippen LogP contribution in [0.5, 0.6) is 0 Å². The lowest BCUT2D eigenvalue weighted by Gasteiger charge is -2.18. The maximum atomic E-state index is 12.2. The van der Waals surface area contributed by atoms with Crippen molar-refractivity contribution < 1.29 is 19.1 Å². The summed E-state index contributed by atoms with van der Waals surface area (Å²) >= 11 is 0. The SMILES string of the molecule is CCOC(=O)CC1Cc2ccccc2CC(C(=O)OCC)C1. The summed E-state index contributed by atoms with van der Waals surface area (Å²) in [4.78, 5) is 24.0. The number of hydrogen-bond donors (Lipinski definition) is 0. The summed E-state index contributed by atoms with van der Waals surface area (Å²) < 4.78 is 10.3. The van der Waals surface area contributed by atoms with Gasteiger partial charge in [0.1, 0.15) is 0 Å². The number of carbonyl (C=O) groups is 2. The Bertz CT molecular complexity index is 524. The molecule has 2 atom stereocenters. The van der Waals surface area contributed by atoms with Gasteiger partial charge in [0, 0.05) is 6.42 Å². The fraction of sp³-hybridized carbons (Fsp3) is 0.556. The van der Waals surface area contributed by atoms with Crippen molar-refractivity contribution in [1.82, 2.24) is 0 Å². The molecular formula is C18H24O4. The van der Waals surface area contributed by atoms with Gasteiger partial charge < -0.3 is 9.47 Å². The molecule has 0 fully saturated rings. The zero-order valence-corrected chi connectivity index (χ0v) is 13.3. The van der Waals surface area contributed by atoms with Crippen LogP contribution in [0.1, 0.15) is 37.8 Å². The summed E-state index contributed by atoms with van der Waals surface area (Å²) in [5.41, 5.74) is 2.41. The van der Waals surface area contributed by atoms with Gasteiger partial charge in [-0.05, 0) is 50.2 Å². The molecule has 0 bridgehead atoms. The topological polar surface area (TPSA) is 52.6 Å². The van der Waals surface area contributed by atoms with Crippen LogP contribution in [0.15, 0.2) is 24.3 Å². The van der Waals surface area contributed by atoms with E-state index < -0.39 is 0 Å². The smallest absolute Gasteiger partial charge is 0.309 e. The van der Waals surface area contributed by atoms with Gasteiger partial charge >= 0.3 is 11.9 Å². The number of fused-ring (bicyclic) bond motifs is 1. The van der Waals surface area contributed by atoms with Crippen molar-refractivity contribution in [3.05, 3.63) is 35.4 Å². The second-order valence-corrected chi connectivity index (χ2v) is 5.74. The lowest BCUT2D eigenvalue weighted by molar-refractivity contribution is -0.150. The zero-order chi connectivity index (χ0) is 15.9. The summed E-state index contributed by atoms with van der Waals surface area (Å²) in [7, 11) is 0. The third-order valence-corrected chi connectivity index (χ3v) is 4.09. The van der Waals surface area contributed by atoms with E-state index in [0.29, 0.717) is 32.5 Å². The van der Waals surface area contributed by atoms with E-state index in [4.69, 9.17) is 9.47 Å². The first-order valence-corrected chi connectivity index (χ1v) is 8.03. The molecule has 0 spiro atoms. The van der Waals surface area contributed by atoms with Gasteiger partial charge in [-0.2, -0.15) is 0 Å². The summed E-state index contributed by atoms with van der Waals surface area (Å²) in [6.45, 7) is 4.41. The van der Waals surface area contributed by atoms with Crippen LogP contribution in [0.3, 0.4) is 0 Å². The van der Waals surface area contributed by atoms with Crippen molar-refractivity contribution in [1.29, 1.82) is 0 Å². The van der Waals surface area contributed by atoms with Gasteiger partial charge in [0.25, 0.3) is 0 Å². The van der Waals surface area contributed by atoms with Crippen LogP contribution < -0.4 is 0 Å². The molecule has 22 heavy (non-hydrogen) atoms. The van der Waals surface area contributed by atoms with E-state index in [2.05, 4.69) is 12.1 Å². The van der Waals surface area contributed by atoms with Gasteiger partial charge in [0.15, 0.2) is 0 Å². The van der Waals surface area contributed by atoms with E-state index in [1.54, 1.807) is 0 Å². The minimum Gasteiger partial charge on any atom is -0.466 e. The first kappa shape index (κ1) is 16.5. The first-order valence-electron chi connectivity index (χ1n) is 8.03. The quantitative estimate of drug-likeness (QED) is 0.620. The van der Waals surface area contributed by atoms with E-state index in [-0.39, 0.29) is 23.8 Å². The largest absolute Gasteiger partial charge is 0.466 e. The number of benzene rings is 1. The van der Waals surface area contributed by atoms with Crippen LogP contribution in [0.25, 0.3) is 0 Å². The van der Waals surface area contributed by atoms with E-state index in [1.807, 2.05) is 26.0 Å². The molecule has 2 unspecified atom stereocenters. The highest BCUT2D eigenvalue weighted by Crippen LogP contribution is 2.31. The van der Waals surface area contributed by atoms with Crippen LogP contribution in [0.4, 0.5) is 0 Å². The third-order valence-electron chi connectivity index (χ3n) is 4.09. The average Bonchev–Trinajstić information content (AvgIpc) is 2.66. The predicted molar refractivity (Wildman–Crippen MR) is 83.3 cm³/mol. The van der Waals surface area contributed by atoms with Crippen molar-refractivity contribution in [2.75, 3.05) is 13.2 Å². The molecule has 0 aliphatic heterocycles. The summed E-state index contributed by atoms with van der Waals surface area (Å²) in [6, 6.07) is 8.15. The molecule has 0 radical (unpaired) electrons. The number of rotatable bonds is 5. The highest BCUT2D eigenvalue weighted by atomic mass is 16.5. The van der Waals surface area contributed by atoms with Gasteiger partial charge in [-0.3, -0.25) is 9.59 Å². The average molecular weight is 304 g/mol. The van der Waals surface area contributed by atoms with Gasteiger partial charge in [-0.25, -0.2) is 0 Å². The Balaban J connectivity index is 2.17. The Hall–Kier alpha value is -1.84. The molecule has 1 aliphatic rings. The highest BCUT2D eigenvalue weighted by Gasteiger charge is 2.30. The molecule has 4 nitrogen and oxygen atoms in total. The fourth-order valence-electron chi connectivity index (χ4n) is 3.15. The van der Waals surface area contributed by atoms with Crippen molar-refractivity contribution in [2.24, 2.45) is 11.8 Å². The molecular weight excluding hydrogens is 280 g/mol. The first-order chi connectivity index (χ1) is 10.6. The van der Waals surface area contributed by atoms with Crippen LogP contribution in [-0.4, -0.2) is 25.2 Å². The molecule has 0 heterocycles. The van der Waals surface area contributed by atoms with Crippen molar-refractivity contribution in [3.63, 3.8) is 0 Å². The molecule has 1 aromatic carbocycles. The lowest BCUT2D eigenvalue weighted by atomic mass is 9.90. The molecule has 4 heteroatoms. The lowest BCUT2D eigenvalue weighted by Crippen LogP contribution is -2.23. The van der Waals surface area contributed by atoms with Crippen molar-refractivity contribution >= 4 is 11.9 Å². The normalized spacial score (nSPS) is 20.6. The molecule has 0 saturated heterocycles. The number of carbonyl (C=O) groups excluding carboxylic acids is 2. The molecule has 1 aliphatic carbocycles. The highest BCUT2D eigenvalue weighted by molar-refractivity contribution is 5.74. The molecule has 0 N–H and O–H groups in total. The monoisotopic (exact) mass is 304 g/mol. The summed E-state index contributed by atoms with van der Waals surface area (Å²) in [5.74, 6) is -0.400. The van der Waals surface area contributed by atoms with Gasteiger partial charge in [-0.1, -0.05) is 24.3 Å². The van der Waals surface area contributed by atoms with E-state index >= 15 is 0 Å². The zero-order valence-electron chi connectivity index (χ0n) is 13.3. The van der Waals surface area contributed by atoms with Crippen molar-refractivity contribution in [3.8, 4) is 0 Å². The second-order valence-electron chi connectivity index (χ2n) is 5.74. The Morgan fingerprint density at radius 2 is 1.68 bits per heavy atom. The van der Waals surface area contributed by atoms with Crippen molar-refractivity contribution in [2.45, 2.75) is 39.5 Å². The fourth-order valence-corrected chi connectivity index (χ4v) is 3.15. The van der Waals surface area contributed by atoms with Gasteiger partial charge in [-0.15, -0.1) is 0 Å². The predicted octanol–water partition coefficient (Wildman–Crippen LogP) is 2.92. The second kappa shape index (κ2) is 7.97. The van der Waals surface area contributed by atoms with Crippen LogP contribution >= 0.6 is 0 Å². The molecule has 1 aromatic rings. The van der Waals surface area contributed by atoms with E-state index in [0.717, 1.165) is 6.42 Å². The third kappa shape index (κ3) is 4.33. The minimum atomic E-state index is -0.186. The van der Waals surface area contributed by atoms with Crippen LogP contribution in [0, 0.1) is 11.8 Å². The van der Waals surface area contributed by atoms with E-state index in [9.17, 15) is 9.59 Å². The van der Waals surface area contributed by atoms with Crippen LogP contribution in [-0.2, 0) is 31.9 Å². The van der Waals surface area contributed by atoms with Gasteiger partial charge in [0.05, 0.1) is 19.1 Å². The maximum Gasteiger partial charge on any atom is 0.309 e. The number of ether oxygens (including phenoxy) is 2. The van der Waals surface area contributed by atoms with E-state index in [1.165, 1.54) is 11.1 Å². The standard InChI is InChI=1S/C18H24O4/c1-3-21-17(19)11-13-9-14-7-5-6-8-15(14)12-16(10-13)18(20)22-4-2/h5-8,13,16H,3-4,9-12H2,1-2H3. The summed E-state index contributed by atoms with van der Waals surface area (Å²) in [6.07, 6.45) is 2.53. The number of esters is 2. The number of hydrogen-bond acceptors (Lipinski definition) is 4. The molecule has 2 rings (SSSR count). The molecule has 0 aromatic heterocycles. The minimum absolute atomic E-state index is 0.122. The molecule has 0 saturated carbocycles. The summed E-state index contributed by atoms with van der Waals surface area (Å²) in [5, 5.41) is 0. The maximum absolute atomic E-state index is 12.2. The van der Waals surface area contributed by atoms with Gasteiger partial charge in [0.2, 0.25) is 0 Å².